The van der Waals surface area contributed by atoms with Gasteiger partial charge in [-0.3, -0.25) is 4.79 Å². The first-order valence-electron chi connectivity index (χ1n) is 10.4. The molecule has 0 saturated carbocycles. The summed E-state index contributed by atoms with van der Waals surface area (Å²) in [5.74, 6) is 1.43. The van der Waals surface area contributed by atoms with E-state index in [2.05, 4.69) is 20.8 Å². The first-order chi connectivity index (χ1) is 14.4. The highest BCUT2D eigenvalue weighted by atomic mass is 79.9. The minimum atomic E-state index is -0.816. The van der Waals surface area contributed by atoms with E-state index in [1.54, 1.807) is 14.2 Å². The van der Waals surface area contributed by atoms with Crippen molar-refractivity contribution in [3.63, 3.8) is 0 Å². The van der Waals surface area contributed by atoms with Crippen molar-refractivity contribution in [2.75, 3.05) is 33.9 Å². The molecule has 4 rings (SSSR count). The number of rotatable bonds is 5. The third-order valence-corrected chi connectivity index (χ3v) is 7.24. The normalized spacial score (nSPS) is 21.2. The van der Waals surface area contributed by atoms with E-state index in [0.717, 1.165) is 53.6 Å². The van der Waals surface area contributed by atoms with Crippen LogP contribution in [-0.4, -0.2) is 49.6 Å². The van der Waals surface area contributed by atoms with Gasteiger partial charge in [0.2, 0.25) is 0 Å². The molecule has 2 aliphatic rings. The maximum Gasteiger partial charge on any atom is 0.167 e. The standard InChI is InChI=1S/C24H28BrNO4/c1-29-21-13-16-7-8-17(23(27)18(16)14-22(21)30-2)15-26-11-9-24(28,10-12-26)19-5-3-4-6-20(19)25/h3-6,13-14,17,28H,7-12,15H2,1-2H3. The molecule has 1 saturated heterocycles. The van der Waals surface area contributed by atoms with E-state index < -0.39 is 5.60 Å². The third kappa shape index (κ3) is 4.01. The molecule has 0 bridgehead atoms. The molecule has 1 unspecified atom stereocenters. The monoisotopic (exact) mass is 473 g/mol. The number of fused-ring (bicyclic) bond motifs is 1. The molecule has 5 nitrogen and oxygen atoms in total. The Morgan fingerprint density at radius 2 is 1.80 bits per heavy atom. The van der Waals surface area contributed by atoms with Crippen LogP contribution in [0.1, 0.15) is 40.7 Å². The number of likely N-dealkylation sites (tertiary alicyclic amines) is 1. The van der Waals surface area contributed by atoms with E-state index in [1.165, 1.54) is 0 Å². The topological polar surface area (TPSA) is 59.0 Å². The van der Waals surface area contributed by atoms with Crippen LogP contribution < -0.4 is 9.47 Å². The number of hydrogen-bond acceptors (Lipinski definition) is 5. The maximum atomic E-state index is 13.2. The number of halogens is 1. The van der Waals surface area contributed by atoms with Gasteiger partial charge in [0.15, 0.2) is 17.3 Å². The molecule has 1 N–H and O–H groups in total. The smallest absolute Gasteiger partial charge is 0.167 e. The fourth-order valence-electron chi connectivity index (χ4n) is 4.74. The van der Waals surface area contributed by atoms with Crippen LogP contribution in [0.15, 0.2) is 40.9 Å². The second-order valence-corrected chi connectivity index (χ2v) is 9.13. The maximum absolute atomic E-state index is 13.2. The van der Waals surface area contributed by atoms with Crippen molar-refractivity contribution in [3.8, 4) is 11.5 Å². The van der Waals surface area contributed by atoms with Gasteiger partial charge in [0, 0.05) is 35.6 Å². The van der Waals surface area contributed by atoms with E-state index in [9.17, 15) is 9.90 Å². The number of nitrogens with zero attached hydrogens (tertiary/aromatic N) is 1. The molecule has 2 aromatic carbocycles. The molecule has 1 aliphatic heterocycles. The number of hydrogen-bond donors (Lipinski definition) is 1. The first kappa shape index (κ1) is 21.3. The Morgan fingerprint density at radius 1 is 1.13 bits per heavy atom. The number of aliphatic hydroxyl groups is 1. The number of carbonyl (C=O) groups excluding carboxylic acids is 1. The number of ether oxygens (including phenoxy) is 2. The molecule has 6 heteroatoms. The largest absolute Gasteiger partial charge is 0.493 e. The lowest BCUT2D eigenvalue weighted by Crippen LogP contribution is -2.45. The molecule has 30 heavy (non-hydrogen) atoms. The highest BCUT2D eigenvalue weighted by Gasteiger charge is 2.37. The average molecular weight is 474 g/mol. The van der Waals surface area contributed by atoms with Crippen LogP contribution in [0.2, 0.25) is 0 Å². The molecule has 160 valence electrons. The molecule has 1 atom stereocenters. The van der Waals surface area contributed by atoms with Gasteiger partial charge in [0.05, 0.1) is 19.8 Å². The Labute approximate surface area is 186 Å². The Bertz CT molecular complexity index is 937. The van der Waals surface area contributed by atoms with Crippen molar-refractivity contribution in [2.24, 2.45) is 5.92 Å². The summed E-state index contributed by atoms with van der Waals surface area (Å²) in [6.45, 7) is 2.29. The van der Waals surface area contributed by atoms with Gasteiger partial charge in [-0.05, 0) is 55.0 Å². The fourth-order valence-corrected chi connectivity index (χ4v) is 5.39. The molecule has 1 aliphatic carbocycles. The van der Waals surface area contributed by atoms with Crippen molar-refractivity contribution >= 4 is 21.7 Å². The van der Waals surface area contributed by atoms with Gasteiger partial charge in [0.25, 0.3) is 0 Å². The molecule has 0 amide bonds. The SMILES string of the molecule is COc1cc2c(cc1OC)C(=O)C(CN1CCC(O)(c3ccccc3Br)CC1)CC2. The summed E-state index contributed by atoms with van der Waals surface area (Å²) in [7, 11) is 3.21. The zero-order valence-corrected chi connectivity index (χ0v) is 19.1. The van der Waals surface area contributed by atoms with E-state index in [1.807, 2.05) is 36.4 Å². The summed E-state index contributed by atoms with van der Waals surface area (Å²) in [5, 5.41) is 11.2. The van der Waals surface area contributed by atoms with Crippen molar-refractivity contribution < 1.29 is 19.4 Å². The molecule has 1 fully saturated rings. The van der Waals surface area contributed by atoms with Crippen LogP contribution in [0, 0.1) is 5.92 Å². The van der Waals surface area contributed by atoms with Gasteiger partial charge in [0.1, 0.15) is 0 Å². The predicted octanol–water partition coefficient (Wildman–Crippen LogP) is 4.20. The van der Waals surface area contributed by atoms with Crippen LogP contribution in [0.3, 0.4) is 0 Å². The van der Waals surface area contributed by atoms with Crippen molar-refractivity contribution in [1.82, 2.24) is 4.90 Å². The van der Waals surface area contributed by atoms with Crippen LogP contribution >= 0.6 is 15.9 Å². The quantitative estimate of drug-likeness (QED) is 0.704. The number of piperidine rings is 1. The van der Waals surface area contributed by atoms with Gasteiger partial charge in [-0.1, -0.05) is 34.1 Å². The second kappa shape index (κ2) is 8.69. The third-order valence-electron chi connectivity index (χ3n) is 6.54. The minimum absolute atomic E-state index is 0.0229. The second-order valence-electron chi connectivity index (χ2n) is 8.28. The number of aryl methyl sites for hydroxylation is 1. The molecule has 0 radical (unpaired) electrons. The highest BCUT2D eigenvalue weighted by molar-refractivity contribution is 9.10. The summed E-state index contributed by atoms with van der Waals surface area (Å²) in [6, 6.07) is 11.6. The van der Waals surface area contributed by atoms with Gasteiger partial charge >= 0.3 is 0 Å². The van der Waals surface area contributed by atoms with E-state index in [-0.39, 0.29) is 11.7 Å². The summed E-state index contributed by atoms with van der Waals surface area (Å²) in [5.41, 5.74) is 1.93. The zero-order chi connectivity index (χ0) is 21.3. The molecule has 0 spiro atoms. The summed E-state index contributed by atoms with van der Waals surface area (Å²) < 4.78 is 11.7. The Hall–Kier alpha value is -1.89. The van der Waals surface area contributed by atoms with Gasteiger partial charge < -0.3 is 19.5 Å². The molecule has 0 aromatic heterocycles. The summed E-state index contributed by atoms with van der Waals surface area (Å²) in [6.07, 6.45) is 3.03. The average Bonchev–Trinajstić information content (AvgIpc) is 2.76. The number of benzene rings is 2. The minimum Gasteiger partial charge on any atom is -0.493 e. The van der Waals surface area contributed by atoms with E-state index >= 15 is 0 Å². The fraction of sp³-hybridized carbons (Fsp3) is 0.458. The Balaban J connectivity index is 1.43. The lowest BCUT2D eigenvalue weighted by molar-refractivity contribution is -0.0288. The van der Waals surface area contributed by atoms with Crippen molar-refractivity contribution in [3.05, 3.63) is 57.6 Å². The van der Waals surface area contributed by atoms with Crippen molar-refractivity contribution in [2.45, 2.75) is 31.3 Å². The number of methoxy groups -OCH3 is 2. The van der Waals surface area contributed by atoms with Gasteiger partial charge in [-0.15, -0.1) is 0 Å². The Kier molecular flexibility index (Phi) is 6.19. The lowest BCUT2D eigenvalue weighted by Gasteiger charge is -2.40. The van der Waals surface area contributed by atoms with Gasteiger partial charge in [-0.25, -0.2) is 0 Å². The van der Waals surface area contributed by atoms with Crippen LogP contribution in [0.25, 0.3) is 0 Å². The number of ketones is 1. The van der Waals surface area contributed by atoms with Crippen LogP contribution in [0.5, 0.6) is 11.5 Å². The van der Waals surface area contributed by atoms with Gasteiger partial charge in [-0.2, -0.15) is 0 Å². The van der Waals surface area contributed by atoms with Crippen molar-refractivity contribution in [1.29, 1.82) is 0 Å². The van der Waals surface area contributed by atoms with Crippen LogP contribution in [-0.2, 0) is 12.0 Å². The number of carbonyl (C=O) groups is 1. The molecule has 1 heterocycles. The van der Waals surface area contributed by atoms with E-state index in [4.69, 9.17) is 9.47 Å². The summed E-state index contributed by atoms with van der Waals surface area (Å²) >= 11 is 3.57. The molecular weight excluding hydrogens is 446 g/mol. The number of Topliss-reactive ketones (excluding diaryl/α,β-unsaturated/α-hetero) is 1. The van der Waals surface area contributed by atoms with E-state index in [0.29, 0.717) is 24.3 Å². The summed E-state index contributed by atoms with van der Waals surface area (Å²) in [4.78, 5) is 15.5. The van der Waals surface area contributed by atoms with Crippen LogP contribution in [0.4, 0.5) is 0 Å². The zero-order valence-electron chi connectivity index (χ0n) is 17.5. The molecular formula is C24H28BrNO4. The lowest BCUT2D eigenvalue weighted by atomic mass is 9.80. The predicted molar refractivity (Wildman–Crippen MR) is 119 cm³/mol. The first-order valence-corrected chi connectivity index (χ1v) is 11.2. The Morgan fingerprint density at radius 3 is 2.47 bits per heavy atom. The highest BCUT2D eigenvalue weighted by Crippen LogP contribution is 2.39. The molecule has 2 aromatic rings.